The minimum Gasteiger partial charge on any atom is -1.00 e. The SMILES string of the molecule is CCC(S)C(=O)O.[Ca+2].[H-].[H-]. The van der Waals surface area contributed by atoms with Gasteiger partial charge in [0.2, 0.25) is 0 Å². The fraction of sp³-hybridized carbons (Fsp3) is 0.750. The average molecular weight is 162 g/mol. The van der Waals surface area contributed by atoms with E-state index in [-0.39, 0.29) is 40.6 Å². The van der Waals surface area contributed by atoms with Crippen LogP contribution in [0.5, 0.6) is 0 Å². The Bertz CT molecular complexity index is 83.7. The Kier molecular flexibility index (Phi) is 9.17. The van der Waals surface area contributed by atoms with Gasteiger partial charge in [-0.15, -0.1) is 0 Å². The second-order valence-corrected chi connectivity index (χ2v) is 1.89. The number of thiol groups is 1. The molecule has 0 fully saturated rings. The van der Waals surface area contributed by atoms with Gasteiger partial charge in [-0.25, -0.2) is 0 Å². The van der Waals surface area contributed by atoms with Crippen molar-refractivity contribution in [2.75, 3.05) is 0 Å². The van der Waals surface area contributed by atoms with Crippen LogP contribution < -0.4 is 0 Å². The number of hydrogen-bond donors (Lipinski definition) is 2. The molecular formula is C4H10CaO2S. The van der Waals surface area contributed by atoms with Crippen LogP contribution in [0.3, 0.4) is 0 Å². The molecule has 0 spiro atoms. The Morgan fingerprint density at radius 2 is 2.38 bits per heavy atom. The molecule has 4 heteroatoms. The molecule has 0 aliphatic carbocycles. The van der Waals surface area contributed by atoms with E-state index in [0.29, 0.717) is 6.42 Å². The minimum atomic E-state index is -0.842. The van der Waals surface area contributed by atoms with E-state index in [1.807, 2.05) is 0 Å². The maximum Gasteiger partial charge on any atom is 2.00 e. The first kappa shape index (κ1) is 11.8. The van der Waals surface area contributed by atoms with Gasteiger partial charge < -0.3 is 7.96 Å². The molecule has 0 heterocycles. The number of carbonyl (C=O) groups is 1. The smallest absolute Gasteiger partial charge is 1.00 e. The Labute approximate surface area is 87.0 Å². The summed E-state index contributed by atoms with van der Waals surface area (Å²) in [6.45, 7) is 1.78. The molecule has 0 saturated heterocycles. The maximum absolute atomic E-state index is 9.85. The van der Waals surface area contributed by atoms with Gasteiger partial charge in [-0.05, 0) is 6.42 Å². The Hall–Kier alpha value is 1.08. The summed E-state index contributed by atoms with van der Waals surface area (Å²) in [4.78, 5) is 9.85. The van der Waals surface area contributed by atoms with E-state index < -0.39 is 11.2 Å². The predicted molar refractivity (Wildman–Crippen MR) is 38.7 cm³/mol. The molecular weight excluding hydrogens is 152 g/mol. The summed E-state index contributed by atoms with van der Waals surface area (Å²) in [5.41, 5.74) is 0. The first-order valence-electron chi connectivity index (χ1n) is 2.09. The summed E-state index contributed by atoms with van der Waals surface area (Å²) in [7, 11) is 0. The standard InChI is InChI=1S/C4H8O2S.Ca.2H/c1-2-3(7)4(5)6;;;/h3,7H,2H2,1H3,(H,5,6);;;/q;+2;2*-1. The van der Waals surface area contributed by atoms with E-state index in [4.69, 9.17) is 5.11 Å². The van der Waals surface area contributed by atoms with E-state index >= 15 is 0 Å². The van der Waals surface area contributed by atoms with E-state index in [1.54, 1.807) is 6.92 Å². The van der Waals surface area contributed by atoms with Crippen LogP contribution in [-0.2, 0) is 4.79 Å². The molecule has 46 valence electrons. The van der Waals surface area contributed by atoms with Crippen LogP contribution in [0.4, 0.5) is 0 Å². The molecule has 0 aromatic carbocycles. The van der Waals surface area contributed by atoms with Gasteiger partial charge in [0.25, 0.3) is 0 Å². The molecule has 0 rings (SSSR count). The molecule has 0 aliphatic rings. The van der Waals surface area contributed by atoms with Crippen LogP contribution in [0, 0.1) is 0 Å². The molecule has 1 unspecified atom stereocenters. The van der Waals surface area contributed by atoms with Crippen molar-refractivity contribution in [1.82, 2.24) is 0 Å². The minimum absolute atomic E-state index is 0. The fourth-order valence-electron chi connectivity index (χ4n) is 0.175. The maximum atomic E-state index is 9.85. The first-order chi connectivity index (χ1) is 3.18. The van der Waals surface area contributed by atoms with Crippen LogP contribution in [0.1, 0.15) is 16.2 Å². The van der Waals surface area contributed by atoms with E-state index in [0.717, 1.165) is 0 Å². The monoisotopic (exact) mass is 162 g/mol. The zero-order chi connectivity index (χ0) is 5.86. The van der Waals surface area contributed by atoms with Crippen molar-refractivity contribution in [3.05, 3.63) is 0 Å². The van der Waals surface area contributed by atoms with E-state index in [9.17, 15) is 4.79 Å². The van der Waals surface area contributed by atoms with Crippen molar-refractivity contribution in [2.45, 2.75) is 18.6 Å². The molecule has 2 nitrogen and oxygen atoms in total. The molecule has 0 amide bonds. The second-order valence-electron chi connectivity index (χ2n) is 1.26. The Morgan fingerprint density at radius 3 is 2.38 bits per heavy atom. The van der Waals surface area contributed by atoms with Gasteiger partial charge >= 0.3 is 43.7 Å². The zero-order valence-electron chi connectivity index (χ0n) is 6.79. The topological polar surface area (TPSA) is 37.3 Å². The van der Waals surface area contributed by atoms with Crippen LogP contribution in [0.2, 0.25) is 0 Å². The molecule has 0 bridgehead atoms. The molecule has 0 aromatic heterocycles. The summed E-state index contributed by atoms with van der Waals surface area (Å²) in [5.74, 6) is -0.842. The average Bonchev–Trinajstić information content (AvgIpc) is 1.65. The van der Waals surface area contributed by atoms with Gasteiger partial charge in [-0.2, -0.15) is 12.6 Å². The summed E-state index contributed by atoms with van der Waals surface area (Å²) < 4.78 is 0. The zero-order valence-corrected chi connectivity index (χ0v) is 7.90. The second kappa shape index (κ2) is 6.20. The van der Waals surface area contributed by atoms with Crippen molar-refractivity contribution in [1.29, 1.82) is 0 Å². The number of rotatable bonds is 2. The summed E-state index contributed by atoms with van der Waals surface area (Å²) in [6, 6.07) is 0. The van der Waals surface area contributed by atoms with Gasteiger partial charge in [-0.3, -0.25) is 4.79 Å². The third-order valence-corrected chi connectivity index (χ3v) is 1.26. The largest absolute Gasteiger partial charge is 2.00 e. The Morgan fingerprint density at radius 1 is 2.00 bits per heavy atom. The predicted octanol–water partition coefficient (Wildman–Crippen LogP) is 0.624. The number of carboxylic acid groups (broad SMARTS) is 1. The fourth-order valence-corrected chi connectivity index (χ4v) is 0.175. The molecule has 8 heavy (non-hydrogen) atoms. The number of aliphatic carboxylic acids is 1. The quantitative estimate of drug-likeness (QED) is 0.461. The van der Waals surface area contributed by atoms with Gasteiger partial charge in [0.05, 0.1) is 5.25 Å². The van der Waals surface area contributed by atoms with Crippen LogP contribution in [0.15, 0.2) is 0 Å². The molecule has 0 saturated carbocycles. The van der Waals surface area contributed by atoms with E-state index in [2.05, 4.69) is 12.6 Å². The third-order valence-electron chi connectivity index (χ3n) is 0.672. The van der Waals surface area contributed by atoms with Gasteiger partial charge in [0.15, 0.2) is 0 Å². The summed E-state index contributed by atoms with van der Waals surface area (Å²) in [6.07, 6.45) is 0.582. The Balaban J connectivity index is -0.0000000600. The summed E-state index contributed by atoms with van der Waals surface area (Å²) >= 11 is 3.73. The van der Waals surface area contributed by atoms with Crippen molar-refractivity contribution < 1.29 is 12.8 Å². The van der Waals surface area contributed by atoms with Crippen LogP contribution >= 0.6 is 12.6 Å². The third kappa shape index (κ3) is 5.22. The molecule has 1 atom stereocenters. The molecule has 0 radical (unpaired) electrons. The molecule has 0 aromatic rings. The first-order valence-corrected chi connectivity index (χ1v) is 2.61. The van der Waals surface area contributed by atoms with Crippen LogP contribution in [0.25, 0.3) is 0 Å². The van der Waals surface area contributed by atoms with E-state index in [1.165, 1.54) is 0 Å². The van der Waals surface area contributed by atoms with Crippen molar-refractivity contribution in [3.8, 4) is 0 Å². The van der Waals surface area contributed by atoms with Crippen molar-refractivity contribution in [2.24, 2.45) is 0 Å². The van der Waals surface area contributed by atoms with Gasteiger partial charge in [0, 0.05) is 0 Å². The molecule has 0 aliphatic heterocycles. The van der Waals surface area contributed by atoms with Gasteiger partial charge in [-0.1, -0.05) is 6.92 Å². The normalized spacial score (nSPS) is 11.8. The van der Waals surface area contributed by atoms with Crippen molar-refractivity contribution >= 4 is 56.3 Å². The van der Waals surface area contributed by atoms with Gasteiger partial charge in [0.1, 0.15) is 0 Å². The van der Waals surface area contributed by atoms with Crippen molar-refractivity contribution in [3.63, 3.8) is 0 Å². The number of hydrogen-bond acceptors (Lipinski definition) is 2. The summed E-state index contributed by atoms with van der Waals surface area (Å²) in [5, 5.41) is 7.62. The number of carboxylic acids is 1. The van der Waals surface area contributed by atoms with Crippen LogP contribution in [-0.4, -0.2) is 54.1 Å². The molecule has 1 N–H and O–H groups in total.